The molecule has 24 heavy (non-hydrogen) atoms. The monoisotopic (exact) mass is 334 g/mol. The van der Waals surface area contributed by atoms with E-state index in [1.807, 2.05) is 0 Å². The largest absolute Gasteiger partial charge is 0.453 e. The highest BCUT2D eigenvalue weighted by Crippen LogP contribution is 2.38. The lowest BCUT2D eigenvalue weighted by atomic mass is 9.74. The fourth-order valence-corrected chi connectivity index (χ4v) is 3.69. The van der Waals surface area contributed by atoms with E-state index in [4.69, 9.17) is 0 Å². The van der Waals surface area contributed by atoms with Gasteiger partial charge in [0.2, 0.25) is 0 Å². The molecule has 2 atom stereocenters. The van der Waals surface area contributed by atoms with Crippen molar-refractivity contribution < 1.29 is 14.6 Å². The summed E-state index contributed by atoms with van der Waals surface area (Å²) in [5.41, 5.74) is 2.45. The predicted octanol–water partition coefficient (Wildman–Crippen LogP) is 2.63. The summed E-state index contributed by atoms with van der Waals surface area (Å²) < 4.78 is 4.59. The quantitative estimate of drug-likeness (QED) is 0.700. The van der Waals surface area contributed by atoms with Gasteiger partial charge in [-0.2, -0.15) is 0 Å². The smallest absolute Gasteiger partial charge is 0.406 e. The molecule has 0 saturated carbocycles. The maximum absolute atomic E-state index is 11.6. The molecular weight excluding hydrogens is 304 g/mol. The molecule has 1 fully saturated rings. The normalized spacial score (nSPS) is 20.2. The van der Waals surface area contributed by atoms with Crippen molar-refractivity contribution >= 4 is 6.09 Å². The number of amides is 1. The number of aryl methyl sites for hydroxylation is 2. The van der Waals surface area contributed by atoms with Gasteiger partial charge in [-0.1, -0.05) is 29.3 Å². The number of nitrogens with one attached hydrogen (secondary N) is 2. The number of hydrogen-bond donors (Lipinski definition) is 3. The summed E-state index contributed by atoms with van der Waals surface area (Å²) in [6, 6.07) is 6.31. The molecule has 0 spiro atoms. The van der Waals surface area contributed by atoms with Crippen molar-refractivity contribution in [2.45, 2.75) is 45.1 Å². The Morgan fingerprint density at radius 1 is 1.38 bits per heavy atom. The van der Waals surface area contributed by atoms with Gasteiger partial charge in [0.15, 0.2) is 0 Å². The maximum atomic E-state index is 11.6. The molecule has 2 unspecified atom stereocenters. The molecule has 1 heterocycles. The van der Waals surface area contributed by atoms with Crippen molar-refractivity contribution in [3.8, 4) is 0 Å². The van der Waals surface area contributed by atoms with Crippen LogP contribution >= 0.6 is 0 Å². The minimum absolute atomic E-state index is 0.186. The van der Waals surface area contributed by atoms with Gasteiger partial charge >= 0.3 is 6.09 Å². The lowest BCUT2D eigenvalue weighted by Crippen LogP contribution is -2.44. The molecule has 134 valence electrons. The number of carbonyl (C=O) groups is 1. The van der Waals surface area contributed by atoms with E-state index in [1.54, 1.807) is 0 Å². The van der Waals surface area contributed by atoms with Gasteiger partial charge in [0.1, 0.15) is 0 Å². The van der Waals surface area contributed by atoms with Gasteiger partial charge in [0.25, 0.3) is 0 Å². The van der Waals surface area contributed by atoms with Gasteiger partial charge in [-0.3, -0.25) is 0 Å². The minimum atomic E-state index is -0.873. The third-order valence-corrected chi connectivity index (χ3v) is 4.88. The molecule has 2 rings (SSSR count). The number of aliphatic hydroxyl groups is 1. The van der Waals surface area contributed by atoms with E-state index in [-0.39, 0.29) is 5.92 Å². The molecule has 0 bridgehead atoms. The Bertz CT molecular complexity index is 535. The Morgan fingerprint density at radius 2 is 2.08 bits per heavy atom. The molecule has 1 aliphatic heterocycles. The van der Waals surface area contributed by atoms with E-state index >= 15 is 0 Å². The fourth-order valence-electron chi connectivity index (χ4n) is 3.69. The number of ether oxygens (including phenoxy) is 1. The van der Waals surface area contributed by atoms with Crippen LogP contribution in [-0.4, -0.2) is 37.9 Å². The molecule has 0 radical (unpaired) electrons. The molecule has 1 aromatic carbocycles. The first kappa shape index (κ1) is 18.7. The zero-order valence-corrected chi connectivity index (χ0v) is 15.0. The van der Waals surface area contributed by atoms with Gasteiger partial charge < -0.3 is 20.5 Å². The second-order valence-electron chi connectivity index (χ2n) is 6.87. The molecule has 1 saturated heterocycles. The van der Waals surface area contributed by atoms with Crippen LogP contribution in [0, 0.1) is 19.8 Å². The average Bonchev–Trinajstić information content (AvgIpc) is 2.58. The predicted molar refractivity (Wildman–Crippen MR) is 95.0 cm³/mol. The van der Waals surface area contributed by atoms with Crippen molar-refractivity contribution in [1.82, 2.24) is 10.6 Å². The third kappa shape index (κ3) is 4.71. The van der Waals surface area contributed by atoms with Gasteiger partial charge in [0.05, 0.1) is 12.7 Å². The first-order valence-corrected chi connectivity index (χ1v) is 8.79. The second-order valence-corrected chi connectivity index (χ2v) is 6.87. The van der Waals surface area contributed by atoms with Crippen molar-refractivity contribution in [1.29, 1.82) is 0 Å². The highest BCUT2D eigenvalue weighted by Gasteiger charge is 2.38. The Balaban J connectivity index is 2.15. The van der Waals surface area contributed by atoms with Crippen LogP contribution in [0.15, 0.2) is 18.2 Å². The number of benzene rings is 1. The first-order chi connectivity index (χ1) is 11.5. The highest BCUT2D eigenvalue weighted by molar-refractivity contribution is 5.66. The van der Waals surface area contributed by atoms with Crippen LogP contribution in [0.25, 0.3) is 0 Å². The van der Waals surface area contributed by atoms with Crippen molar-refractivity contribution in [3.63, 3.8) is 0 Å². The lowest BCUT2D eigenvalue weighted by Gasteiger charge is -2.40. The van der Waals surface area contributed by atoms with Gasteiger partial charge in [-0.25, -0.2) is 4.79 Å². The molecule has 1 amide bonds. The number of carbonyl (C=O) groups excluding carboxylic acids is 1. The Hall–Kier alpha value is -1.59. The number of piperidine rings is 1. The van der Waals surface area contributed by atoms with Gasteiger partial charge in [0, 0.05) is 19.0 Å². The lowest BCUT2D eigenvalue weighted by molar-refractivity contribution is -0.0421. The number of rotatable bonds is 6. The summed E-state index contributed by atoms with van der Waals surface area (Å²) in [6.07, 6.45) is 2.99. The number of hydrogen-bond acceptors (Lipinski definition) is 4. The van der Waals surface area contributed by atoms with E-state index in [9.17, 15) is 9.90 Å². The van der Waals surface area contributed by atoms with Crippen molar-refractivity contribution in [2.24, 2.45) is 5.92 Å². The average molecular weight is 334 g/mol. The first-order valence-electron chi connectivity index (χ1n) is 8.79. The summed E-state index contributed by atoms with van der Waals surface area (Å²) in [7, 11) is 1.36. The zero-order chi connectivity index (χ0) is 17.6. The molecular formula is C19H30N2O3. The fraction of sp³-hybridized carbons (Fsp3) is 0.632. The van der Waals surface area contributed by atoms with Crippen LogP contribution in [0.4, 0.5) is 4.79 Å². The Kier molecular flexibility index (Phi) is 6.63. The van der Waals surface area contributed by atoms with Crippen LogP contribution in [-0.2, 0) is 10.3 Å². The SMILES string of the molecule is COC(=O)NCCCC(O)(c1cc(C)cc(C)c1)C1CCCNC1. The van der Waals surface area contributed by atoms with Crippen molar-refractivity contribution in [3.05, 3.63) is 34.9 Å². The molecule has 1 aliphatic rings. The van der Waals surface area contributed by atoms with E-state index < -0.39 is 11.7 Å². The molecule has 5 nitrogen and oxygen atoms in total. The topological polar surface area (TPSA) is 70.6 Å². The van der Waals surface area contributed by atoms with Crippen LogP contribution in [0.3, 0.4) is 0 Å². The van der Waals surface area contributed by atoms with E-state index in [2.05, 4.69) is 47.4 Å². The molecule has 3 N–H and O–H groups in total. The second kappa shape index (κ2) is 8.49. The summed E-state index contributed by atoms with van der Waals surface area (Å²) >= 11 is 0. The standard InChI is InChI=1S/C19H30N2O3/c1-14-10-15(2)12-17(11-14)19(23,16-6-4-8-20-13-16)7-5-9-21-18(22)24-3/h10-12,16,20,23H,4-9,13H2,1-3H3,(H,21,22). The van der Waals surface area contributed by atoms with E-state index in [0.717, 1.165) is 31.5 Å². The molecule has 0 aromatic heterocycles. The van der Waals surface area contributed by atoms with Crippen LogP contribution in [0.1, 0.15) is 42.4 Å². The molecule has 1 aromatic rings. The highest BCUT2D eigenvalue weighted by atomic mass is 16.5. The molecule has 5 heteroatoms. The third-order valence-electron chi connectivity index (χ3n) is 4.88. The summed E-state index contributed by atoms with van der Waals surface area (Å²) in [4.78, 5) is 11.2. The Morgan fingerprint density at radius 3 is 2.67 bits per heavy atom. The summed E-state index contributed by atoms with van der Waals surface area (Å²) in [5.74, 6) is 0.186. The van der Waals surface area contributed by atoms with Crippen LogP contribution in [0.5, 0.6) is 0 Å². The zero-order valence-electron chi connectivity index (χ0n) is 15.0. The van der Waals surface area contributed by atoms with Crippen molar-refractivity contribution in [2.75, 3.05) is 26.7 Å². The Labute approximate surface area is 144 Å². The summed E-state index contributed by atoms with van der Waals surface area (Å²) in [5, 5.41) is 17.7. The maximum Gasteiger partial charge on any atom is 0.406 e. The molecule has 0 aliphatic carbocycles. The number of methoxy groups -OCH3 is 1. The van der Waals surface area contributed by atoms with Gasteiger partial charge in [-0.05, 0) is 51.6 Å². The van der Waals surface area contributed by atoms with E-state index in [0.29, 0.717) is 19.4 Å². The van der Waals surface area contributed by atoms with Gasteiger partial charge in [-0.15, -0.1) is 0 Å². The van der Waals surface area contributed by atoms with E-state index in [1.165, 1.54) is 18.2 Å². The van der Waals surface area contributed by atoms with Crippen LogP contribution < -0.4 is 10.6 Å². The number of alkyl carbamates (subject to hydrolysis) is 1. The summed E-state index contributed by atoms with van der Waals surface area (Å²) in [6.45, 7) is 6.47. The van der Waals surface area contributed by atoms with Crippen LogP contribution in [0.2, 0.25) is 0 Å². The minimum Gasteiger partial charge on any atom is -0.453 e.